The summed E-state index contributed by atoms with van der Waals surface area (Å²) in [7, 11) is 0. The third-order valence-corrected chi connectivity index (χ3v) is 3.99. The average Bonchev–Trinajstić information content (AvgIpc) is 2.43. The number of carbonyl (C=O) groups is 1. The Morgan fingerprint density at radius 1 is 0.682 bits per heavy atom. The second-order valence-corrected chi connectivity index (χ2v) is 6.09. The van der Waals surface area contributed by atoms with Crippen LogP contribution in [0.15, 0.2) is 0 Å². The van der Waals surface area contributed by atoms with E-state index in [9.17, 15) is 4.79 Å². The molecule has 0 atom stereocenters. The van der Waals surface area contributed by atoms with Crippen molar-refractivity contribution in [2.75, 3.05) is 0 Å². The van der Waals surface area contributed by atoms with Gasteiger partial charge in [-0.3, -0.25) is 4.79 Å². The van der Waals surface area contributed by atoms with Gasteiger partial charge in [0.25, 0.3) is 0 Å². The largest absolute Gasteiger partial charge is 2.00 e. The van der Waals surface area contributed by atoms with E-state index in [1.165, 1.54) is 83.5 Å². The summed E-state index contributed by atoms with van der Waals surface area (Å²) in [6.07, 6.45) is 20.2. The van der Waals surface area contributed by atoms with Gasteiger partial charge >= 0.3 is 29.0 Å². The minimum atomic E-state index is -0.653. The van der Waals surface area contributed by atoms with E-state index < -0.39 is 5.97 Å². The zero-order valence-corrected chi connectivity index (χ0v) is 17.2. The SMILES string of the molecule is CCCCCCCCCCCCCCCCCC(=O)O.[Co].[H-].[H-].[Mg+2]. The molecule has 1 N–H and O–H groups in total. The molecule has 0 aromatic carbocycles. The van der Waals surface area contributed by atoms with Crippen LogP contribution in [0.1, 0.15) is 113 Å². The topological polar surface area (TPSA) is 37.3 Å². The molecule has 1 radical (unpaired) electrons. The van der Waals surface area contributed by atoms with E-state index in [-0.39, 0.29) is 42.7 Å². The molecule has 0 rings (SSSR count). The monoisotopic (exact) mass is 369 g/mol. The number of hydrogen-bond donors (Lipinski definition) is 1. The second kappa shape index (κ2) is 24.0. The van der Waals surface area contributed by atoms with E-state index in [0.717, 1.165) is 12.8 Å². The molecule has 0 amide bonds. The number of unbranched alkanes of at least 4 members (excludes halogenated alkanes) is 14. The molecule has 0 heterocycles. The Hall–Kier alpha value is 0.743. The molecule has 0 saturated heterocycles. The number of carboxylic acid groups (broad SMARTS) is 1. The fraction of sp³-hybridized carbons (Fsp3) is 0.944. The van der Waals surface area contributed by atoms with Crippen molar-refractivity contribution in [3.8, 4) is 0 Å². The standard InChI is InChI=1S/C18H36O2.Co.Mg.2H/c1-2-3-4-5-6-7-8-9-10-11-12-13-14-15-16-17-18(19)20;;;;/h2-17H2,1H3,(H,19,20);;;;/q;;+2;2*-1. The first kappa shape index (κ1) is 27.6. The van der Waals surface area contributed by atoms with E-state index in [4.69, 9.17) is 5.11 Å². The predicted octanol–water partition coefficient (Wildman–Crippen LogP) is 6.17. The van der Waals surface area contributed by atoms with Crippen LogP contribution >= 0.6 is 0 Å². The molecule has 0 aromatic rings. The van der Waals surface area contributed by atoms with Gasteiger partial charge < -0.3 is 7.96 Å². The van der Waals surface area contributed by atoms with Crippen molar-refractivity contribution in [3.05, 3.63) is 0 Å². The Morgan fingerprint density at radius 3 is 1.23 bits per heavy atom. The summed E-state index contributed by atoms with van der Waals surface area (Å²) >= 11 is 0. The fourth-order valence-corrected chi connectivity index (χ4v) is 2.65. The summed E-state index contributed by atoms with van der Waals surface area (Å²) in [5.41, 5.74) is 0. The normalized spacial score (nSPS) is 9.86. The molecule has 0 saturated carbocycles. The first-order chi connectivity index (χ1) is 9.77. The Kier molecular flexibility index (Phi) is 30.1. The van der Waals surface area contributed by atoms with Crippen LogP contribution in [-0.4, -0.2) is 34.1 Å². The van der Waals surface area contributed by atoms with Gasteiger partial charge in [0.05, 0.1) is 0 Å². The summed E-state index contributed by atoms with van der Waals surface area (Å²) in [6, 6.07) is 0. The summed E-state index contributed by atoms with van der Waals surface area (Å²) in [5, 5.41) is 8.52. The van der Waals surface area contributed by atoms with Gasteiger partial charge in [0.1, 0.15) is 0 Å². The van der Waals surface area contributed by atoms with Crippen LogP contribution in [0.25, 0.3) is 0 Å². The van der Waals surface area contributed by atoms with Gasteiger partial charge in [0.15, 0.2) is 0 Å². The summed E-state index contributed by atoms with van der Waals surface area (Å²) < 4.78 is 0. The third-order valence-electron chi connectivity index (χ3n) is 3.99. The van der Waals surface area contributed by atoms with E-state index in [1.54, 1.807) is 0 Å². The van der Waals surface area contributed by atoms with Crippen LogP contribution in [0.2, 0.25) is 0 Å². The van der Waals surface area contributed by atoms with Crippen molar-refractivity contribution < 1.29 is 29.5 Å². The molecule has 22 heavy (non-hydrogen) atoms. The van der Waals surface area contributed by atoms with Gasteiger partial charge in [-0.05, 0) is 6.42 Å². The van der Waals surface area contributed by atoms with Gasteiger partial charge in [-0.1, -0.05) is 96.8 Å². The molecule has 0 spiro atoms. The van der Waals surface area contributed by atoms with Gasteiger partial charge in [-0.15, -0.1) is 0 Å². The molecule has 0 bridgehead atoms. The Morgan fingerprint density at radius 2 is 0.955 bits per heavy atom. The second-order valence-electron chi connectivity index (χ2n) is 6.09. The van der Waals surface area contributed by atoms with E-state index >= 15 is 0 Å². The van der Waals surface area contributed by atoms with Crippen LogP contribution < -0.4 is 0 Å². The number of hydrogen-bond acceptors (Lipinski definition) is 1. The summed E-state index contributed by atoms with van der Waals surface area (Å²) in [5.74, 6) is -0.653. The Labute approximate surface area is 167 Å². The zero-order chi connectivity index (χ0) is 14.9. The van der Waals surface area contributed by atoms with Crippen molar-refractivity contribution in [3.63, 3.8) is 0 Å². The van der Waals surface area contributed by atoms with Crippen molar-refractivity contribution in [1.29, 1.82) is 0 Å². The number of aliphatic carboxylic acids is 1. The maximum Gasteiger partial charge on any atom is 2.00 e. The van der Waals surface area contributed by atoms with Gasteiger partial charge in [-0.25, -0.2) is 0 Å². The minimum Gasteiger partial charge on any atom is -1.00 e. The average molecular weight is 370 g/mol. The van der Waals surface area contributed by atoms with E-state index in [0.29, 0.717) is 6.42 Å². The predicted molar refractivity (Wildman–Crippen MR) is 95.2 cm³/mol. The van der Waals surface area contributed by atoms with Crippen LogP contribution in [0.3, 0.4) is 0 Å². The van der Waals surface area contributed by atoms with Crippen molar-refractivity contribution in [2.45, 2.75) is 110 Å². The molecule has 133 valence electrons. The first-order valence-corrected chi connectivity index (χ1v) is 8.99. The summed E-state index contributed by atoms with van der Waals surface area (Å²) in [6.45, 7) is 2.27. The van der Waals surface area contributed by atoms with Gasteiger partial charge in [0.2, 0.25) is 0 Å². The molecule has 0 fully saturated rings. The molecule has 0 aliphatic carbocycles. The Balaban J connectivity index is -0.000000301. The van der Waals surface area contributed by atoms with Crippen LogP contribution in [-0.2, 0) is 21.6 Å². The molecular weight excluding hydrogens is 331 g/mol. The Bertz CT molecular complexity index is 223. The summed E-state index contributed by atoms with van der Waals surface area (Å²) in [4.78, 5) is 10.3. The van der Waals surface area contributed by atoms with Crippen LogP contribution in [0.4, 0.5) is 0 Å². The molecule has 4 heteroatoms. The molecule has 0 aliphatic rings. The van der Waals surface area contributed by atoms with E-state index in [2.05, 4.69) is 6.92 Å². The molecule has 0 aliphatic heterocycles. The maximum atomic E-state index is 10.3. The van der Waals surface area contributed by atoms with Crippen molar-refractivity contribution >= 4 is 29.0 Å². The molecular formula is C18H38CoMgO2. The van der Waals surface area contributed by atoms with Crippen LogP contribution in [0.5, 0.6) is 0 Å². The minimum absolute atomic E-state index is 0. The zero-order valence-electron chi connectivity index (χ0n) is 16.7. The molecule has 0 unspecified atom stereocenters. The molecule has 0 aromatic heterocycles. The van der Waals surface area contributed by atoms with Gasteiger partial charge in [-0.2, -0.15) is 0 Å². The van der Waals surface area contributed by atoms with Crippen molar-refractivity contribution in [2.24, 2.45) is 0 Å². The third kappa shape index (κ3) is 25.7. The molecule has 2 nitrogen and oxygen atoms in total. The maximum absolute atomic E-state index is 10.3. The fourth-order valence-electron chi connectivity index (χ4n) is 2.65. The van der Waals surface area contributed by atoms with Crippen molar-refractivity contribution in [1.82, 2.24) is 0 Å². The van der Waals surface area contributed by atoms with Crippen LogP contribution in [0, 0.1) is 0 Å². The quantitative estimate of drug-likeness (QED) is 0.261. The van der Waals surface area contributed by atoms with Gasteiger partial charge in [0, 0.05) is 23.2 Å². The first-order valence-electron chi connectivity index (χ1n) is 8.99. The van der Waals surface area contributed by atoms with E-state index in [1.807, 2.05) is 0 Å². The number of carboxylic acids is 1. The smallest absolute Gasteiger partial charge is 1.00 e. The number of rotatable bonds is 16.